The predicted molar refractivity (Wildman–Crippen MR) is 73.5 cm³/mol. The average molecular weight is 367 g/mol. The van der Waals surface area contributed by atoms with Gasteiger partial charge in [-0.05, 0) is 18.4 Å². The van der Waals surface area contributed by atoms with Gasteiger partial charge in [-0.15, -0.1) is 0 Å². The van der Waals surface area contributed by atoms with Crippen molar-refractivity contribution in [2.75, 3.05) is 0 Å². The maximum atomic E-state index is 13.6. The Kier molecular flexibility index (Phi) is 4.54. The number of carbonyl (C=O) groups excluding carboxylic acids is 1. The van der Waals surface area contributed by atoms with Crippen LogP contribution in [0.4, 0.5) is 22.0 Å². The first-order chi connectivity index (χ1) is 11.4. The number of ether oxygens (including phenoxy) is 1. The third-order valence-corrected chi connectivity index (χ3v) is 4.31. The molecule has 0 saturated heterocycles. The predicted octanol–water partition coefficient (Wildman–Crippen LogP) is 2.49. The molecule has 0 spiro atoms. The van der Waals surface area contributed by atoms with Crippen molar-refractivity contribution in [3.8, 4) is 0 Å². The first kappa shape index (κ1) is 19.1. The van der Waals surface area contributed by atoms with Gasteiger partial charge in [0.25, 0.3) is 5.92 Å². The van der Waals surface area contributed by atoms with Crippen LogP contribution in [0.25, 0.3) is 0 Å². The van der Waals surface area contributed by atoms with Crippen LogP contribution in [-0.4, -0.2) is 34.7 Å². The molecule has 5 nitrogen and oxygen atoms in total. The van der Waals surface area contributed by atoms with E-state index < -0.39 is 35.0 Å². The molecule has 0 aromatic heterocycles. The summed E-state index contributed by atoms with van der Waals surface area (Å²) in [6, 6.07) is 8.98. The van der Waals surface area contributed by atoms with Crippen LogP contribution in [0, 0.1) is 5.41 Å². The highest BCUT2D eigenvalue weighted by molar-refractivity contribution is 5.84. The van der Waals surface area contributed by atoms with Crippen LogP contribution in [0.15, 0.2) is 30.3 Å². The molecule has 1 aromatic rings. The number of carbonyl (C=O) groups is 2. The number of hydrogen-bond donors (Lipinski definition) is 2. The molecule has 10 heteroatoms. The molecule has 3 fully saturated rings. The molecular weight excluding hydrogens is 353 g/mol. The van der Waals surface area contributed by atoms with E-state index in [1.54, 1.807) is 24.3 Å². The molecule has 0 unspecified atom stereocenters. The van der Waals surface area contributed by atoms with Crippen molar-refractivity contribution in [2.24, 2.45) is 11.1 Å². The summed E-state index contributed by atoms with van der Waals surface area (Å²) in [6.45, 7) is 0.0229. The van der Waals surface area contributed by atoms with Gasteiger partial charge in [0.15, 0.2) is 0 Å². The summed E-state index contributed by atoms with van der Waals surface area (Å²) < 4.78 is 63.9. The molecule has 2 bridgehead atoms. The Morgan fingerprint density at radius 1 is 1.16 bits per heavy atom. The quantitative estimate of drug-likeness (QED) is 0.633. The standard InChI is InChI=1S/C13H13F2NO2.C2HF3O2/c14-13(15)11(7-12(13,16)8-11)10(17)18-6-9-4-2-1-3-5-9;3-2(4,5)1(6)7/h1-5H,6-8,16H2;(H,6,7). The van der Waals surface area contributed by atoms with E-state index in [-0.39, 0.29) is 19.4 Å². The number of benzene rings is 1. The SMILES string of the molecule is NC12CC(C(=O)OCc3ccccc3)(C1)C2(F)F.O=C(O)C(F)(F)F. The van der Waals surface area contributed by atoms with Crippen LogP contribution in [0.3, 0.4) is 0 Å². The molecule has 0 radical (unpaired) electrons. The maximum absolute atomic E-state index is 13.6. The number of alkyl halides is 5. The van der Waals surface area contributed by atoms with Gasteiger partial charge < -0.3 is 15.6 Å². The smallest absolute Gasteiger partial charge is 0.475 e. The number of carboxylic acids is 1. The zero-order chi connectivity index (χ0) is 19.1. The molecule has 25 heavy (non-hydrogen) atoms. The third-order valence-electron chi connectivity index (χ3n) is 4.31. The molecule has 0 atom stereocenters. The van der Waals surface area contributed by atoms with Crippen LogP contribution in [0.1, 0.15) is 18.4 Å². The lowest BCUT2D eigenvalue weighted by Gasteiger charge is -2.71. The Bertz CT molecular complexity index is 668. The third kappa shape index (κ3) is 3.06. The van der Waals surface area contributed by atoms with E-state index in [0.717, 1.165) is 5.56 Å². The normalized spacial score (nSPS) is 28.6. The zero-order valence-electron chi connectivity index (χ0n) is 12.6. The van der Waals surface area contributed by atoms with E-state index >= 15 is 0 Å². The fourth-order valence-electron chi connectivity index (χ4n) is 2.87. The molecule has 0 amide bonds. The van der Waals surface area contributed by atoms with Crippen LogP contribution in [-0.2, 0) is 20.9 Å². The molecule has 0 heterocycles. The van der Waals surface area contributed by atoms with Gasteiger partial charge in [-0.2, -0.15) is 13.2 Å². The number of hydrogen-bond acceptors (Lipinski definition) is 4. The second kappa shape index (κ2) is 5.94. The number of aliphatic carboxylic acids is 1. The van der Waals surface area contributed by atoms with E-state index in [9.17, 15) is 26.7 Å². The van der Waals surface area contributed by atoms with Crippen LogP contribution in [0.5, 0.6) is 0 Å². The highest BCUT2D eigenvalue weighted by Crippen LogP contribution is 2.75. The molecule has 3 aliphatic rings. The van der Waals surface area contributed by atoms with Gasteiger partial charge in [-0.1, -0.05) is 30.3 Å². The fourth-order valence-corrected chi connectivity index (χ4v) is 2.87. The van der Waals surface area contributed by atoms with Gasteiger partial charge >= 0.3 is 18.1 Å². The molecule has 3 N–H and O–H groups in total. The summed E-state index contributed by atoms with van der Waals surface area (Å²) in [4.78, 5) is 20.7. The number of esters is 1. The second-order valence-electron chi connectivity index (χ2n) is 6.03. The minimum absolute atomic E-state index is 0.0229. The second-order valence-corrected chi connectivity index (χ2v) is 6.03. The Labute approximate surface area is 138 Å². The highest BCUT2D eigenvalue weighted by Gasteiger charge is 2.90. The Hall–Kier alpha value is -2.23. The van der Waals surface area contributed by atoms with E-state index in [4.69, 9.17) is 20.4 Å². The molecule has 0 aliphatic heterocycles. The number of rotatable bonds is 3. The Morgan fingerprint density at radius 3 is 2.00 bits per heavy atom. The Balaban J connectivity index is 0.000000277. The number of nitrogens with two attached hydrogens (primary N) is 1. The van der Waals surface area contributed by atoms with Crippen molar-refractivity contribution < 1.29 is 41.4 Å². The van der Waals surface area contributed by atoms with Crippen molar-refractivity contribution in [2.45, 2.75) is 37.1 Å². The van der Waals surface area contributed by atoms with Crippen LogP contribution >= 0.6 is 0 Å². The summed E-state index contributed by atoms with van der Waals surface area (Å²) in [7, 11) is 0. The first-order valence-corrected chi connectivity index (χ1v) is 7.04. The lowest BCUT2D eigenvalue weighted by molar-refractivity contribution is -0.350. The number of halogens is 5. The number of carboxylic acid groups (broad SMARTS) is 1. The van der Waals surface area contributed by atoms with E-state index in [2.05, 4.69) is 0 Å². The van der Waals surface area contributed by atoms with Crippen molar-refractivity contribution in [1.82, 2.24) is 0 Å². The summed E-state index contributed by atoms with van der Waals surface area (Å²) in [6.07, 6.45) is -5.03. The topological polar surface area (TPSA) is 89.6 Å². The van der Waals surface area contributed by atoms with Gasteiger partial charge in [-0.25, -0.2) is 13.6 Å². The zero-order valence-corrected chi connectivity index (χ0v) is 12.6. The van der Waals surface area contributed by atoms with Gasteiger partial charge in [0.05, 0.1) is 5.54 Å². The molecule has 4 rings (SSSR count). The monoisotopic (exact) mass is 367 g/mol. The summed E-state index contributed by atoms with van der Waals surface area (Å²) in [5, 5.41) is 7.12. The van der Waals surface area contributed by atoms with Gasteiger partial charge in [0, 0.05) is 0 Å². The molecule has 3 aliphatic carbocycles. The van der Waals surface area contributed by atoms with Gasteiger partial charge in [0.2, 0.25) is 0 Å². The van der Waals surface area contributed by atoms with Crippen molar-refractivity contribution in [3.63, 3.8) is 0 Å². The summed E-state index contributed by atoms with van der Waals surface area (Å²) >= 11 is 0. The summed E-state index contributed by atoms with van der Waals surface area (Å²) in [5.74, 6) is -6.70. The minimum Gasteiger partial charge on any atom is -0.475 e. The molecule has 1 aromatic carbocycles. The minimum atomic E-state index is -5.08. The maximum Gasteiger partial charge on any atom is 0.490 e. The van der Waals surface area contributed by atoms with Gasteiger partial charge in [0.1, 0.15) is 12.0 Å². The molecular formula is C15H14F5NO4. The van der Waals surface area contributed by atoms with E-state index in [1.807, 2.05) is 6.07 Å². The molecule has 3 saturated carbocycles. The van der Waals surface area contributed by atoms with Gasteiger partial charge in [-0.3, -0.25) is 4.79 Å². The largest absolute Gasteiger partial charge is 0.490 e. The summed E-state index contributed by atoms with van der Waals surface area (Å²) in [5.41, 5.74) is 3.09. The van der Waals surface area contributed by atoms with Crippen LogP contribution < -0.4 is 5.73 Å². The van der Waals surface area contributed by atoms with Crippen molar-refractivity contribution >= 4 is 11.9 Å². The van der Waals surface area contributed by atoms with Crippen LogP contribution in [0.2, 0.25) is 0 Å². The van der Waals surface area contributed by atoms with E-state index in [1.165, 1.54) is 0 Å². The molecule has 138 valence electrons. The average Bonchev–Trinajstić information content (AvgIpc) is 2.50. The fraction of sp³-hybridized carbons (Fsp3) is 0.467. The van der Waals surface area contributed by atoms with E-state index in [0.29, 0.717) is 0 Å². The van der Waals surface area contributed by atoms with Crippen molar-refractivity contribution in [1.29, 1.82) is 0 Å². The highest BCUT2D eigenvalue weighted by atomic mass is 19.4. The Morgan fingerprint density at radius 2 is 1.64 bits per heavy atom. The lowest BCUT2D eigenvalue weighted by atomic mass is 9.36. The van der Waals surface area contributed by atoms with Crippen molar-refractivity contribution in [3.05, 3.63) is 35.9 Å². The lowest BCUT2D eigenvalue weighted by Crippen LogP contribution is -2.89. The first-order valence-electron chi connectivity index (χ1n) is 7.04.